The minimum absolute atomic E-state index is 0.398. The molecule has 0 aromatic heterocycles. The van der Waals surface area contributed by atoms with E-state index in [1.54, 1.807) is 41.5 Å². The summed E-state index contributed by atoms with van der Waals surface area (Å²) in [6.45, 7) is 10.7. The molecule has 1 aliphatic heterocycles. The van der Waals surface area contributed by atoms with Crippen molar-refractivity contribution in [1.82, 2.24) is 9.62 Å². The third-order valence-electron chi connectivity index (χ3n) is 3.03. The molecule has 1 aliphatic rings. The molecule has 1 saturated heterocycles. The maximum absolute atomic E-state index is 12.2. The van der Waals surface area contributed by atoms with Gasteiger partial charge in [-0.2, -0.15) is 0 Å². The number of carbonyl (C=O) groups is 2. The van der Waals surface area contributed by atoms with Gasteiger partial charge in [0.1, 0.15) is 11.2 Å². The number of sulfonamides is 1. The maximum Gasteiger partial charge on any atom is 0.421 e. The van der Waals surface area contributed by atoms with E-state index in [9.17, 15) is 18.0 Å². The van der Waals surface area contributed by atoms with Crippen molar-refractivity contribution in [3.63, 3.8) is 0 Å². The molecule has 0 bridgehead atoms. The Balaban J connectivity index is 2.72. The first-order chi connectivity index (χ1) is 11.2. The van der Waals surface area contributed by atoms with Crippen LogP contribution in [0.25, 0.3) is 0 Å². The zero-order valence-corrected chi connectivity index (χ0v) is 16.5. The van der Waals surface area contributed by atoms with Gasteiger partial charge >= 0.3 is 12.2 Å². The Bertz CT molecular complexity index is 628. The molecule has 25 heavy (non-hydrogen) atoms. The number of ether oxygens (including phenoxy) is 2. The van der Waals surface area contributed by atoms with Crippen molar-refractivity contribution in [2.75, 3.05) is 6.54 Å². The van der Waals surface area contributed by atoms with Gasteiger partial charge in [0.2, 0.25) is 0 Å². The summed E-state index contributed by atoms with van der Waals surface area (Å²) in [5.74, 6) is 0. The summed E-state index contributed by atoms with van der Waals surface area (Å²) in [4.78, 5) is 25.2. The van der Waals surface area contributed by atoms with Gasteiger partial charge in [-0.15, -0.1) is 0 Å². The number of nitrogens with one attached hydrogen (secondary N) is 1. The fourth-order valence-corrected chi connectivity index (χ4v) is 2.91. The average molecular weight is 376 g/mol. The van der Waals surface area contributed by atoms with Gasteiger partial charge in [-0.1, -0.05) is 0 Å². The number of rotatable bonds is 3. The van der Waals surface area contributed by atoms with Crippen LogP contribution in [0, 0.1) is 0 Å². The Hall–Kier alpha value is -1.77. The van der Waals surface area contributed by atoms with E-state index < -0.39 is 39.5 Å². The molecule has 9 heteroatoms. The lowest BCUT2D eigenvalue weighted by Crippen LogP contribution is -2.39. The maximum atomic E-state index is 12.2. The van der Waals surface area contributed by atoms with Gasteiger partial charge in [-0.05, 0) is 60.5 Å². The number of nitrogens with zero attached hydrogens (tertiary/aromatic N) is 1. The largest absolute Gasteiger partial charge is 0.444 e. The Morgan fingerprint density at radius 1 is 1.08 bits per heavy atom. The molecule has 2 amide bonds. The van der Waals surface area contributed by atoms with Gasteiger partial charge in [-0.25, -0.2) is 22.7 Å². The molecule has 0 saturated carbocycles. The molecule has 1 heterocycles. The number of hydrogen-bond acceptors (Lipinski definition) is 6. The van der Waals surface area contributed by atoms with Crippen LogP contribution in [0.2, 0.25) is 0 Å². The topological polar surface area (TPSA) is 102 Å². The highest BCUT2D eigenvalue weighted by Crippen LogP contribution is 2.22. The van der Waals surface area contributed by atoms with E-state index in [0.29, 0.717) is 13.0 Å². The molecule has 0 unspecified atom stereocenters. The molecule has 144 valence electrons. The smallest absolute Gasteiger partial charge is 0.421 e. The Morgan fingerprint density at radius 2 is 1.64 bits per heavy atom. The van der Waals surface area contributed by atoms with Crippen LogP contribution in [-0.4, -0.2) is 49.3 Å². The van der Waals surface area contributed by atoms with Gasteiger partial charge in [0.15, 0.2) is 0 Å². The summed E-state index contributed by atoms with van der Waals surface area (Å²) < 4.78 is 35.9. The summed E-state index contributed by atoms with van der Waals surface area (Å²) >= 11 is 0. The predicted octanol–water partition coefficient (Wildman–Crippen LogP) is 2.75. The van der Waals surface area contributed by atoms with Gasteiger partial charge in [0.05, 0.1) is 6.04 Å². The van der Waals surface area contributed by atoms with Crippen molar-refractivity contribution in [1.29, 1.82) is 0 Å². The lowest BCUT2D eigenvalue weighted by atomic mass is 10.2. The second-order valence-electron chi connectivity index (χ2n) is 7.86. The molecule has 1 rings (SSSR count). The van der Waals surface area contributed by atoms with E-state index in [1.807, 2.05) is 4.72 Å². The second-order valence-corrected chi connectivity index (χ2v) is 9.43. The molecular weight excluding hydrogens is 348 g/mol. The van der Waals surface area contributed by atoms with E-state index >= 15 is 0 Å². The fraction of sp³-hybridized carbons (Fsp3) is 0.750. The zero-order valence-electron chi connectivity index (χ0n) is 15.7. The van der Waals surface area contributed by atoms with Crippen LogP contribution < -0.4 is 4.72 Å². The van der Waals surface area contributed by atoms with Gasteiger partial charge in [0, 0.05) is 12.0 Å². The molecule has 8 nitrogen and oxygen atoms in total. The van der Waals surface area contributed by atoms with E-state index in [4.69, 9.17) is 9.47 Å². The van der Waals surface area contributed by atoms with Crippen LogP contribution in [-0.2, 0) is 19.5 Å². The van der Waals surface area contributed by atoms with Crippen LogP contribution in [0.3, 0.4) is 0 Å². The lowest BCUT2D eigenvalue weighted by molar-refractivity contribution is 0.0255. The van der Waals surface area contributed by atoms with Crippen LogP contribution >= 0.6 is 0 Å². The van der Waals surface area contributed by atoms with Crippen LogP contribution in [0.5, 0.6) is 0 Å². The third-order valence-corrected chi connectivity index (χ3v) is 4.00. The van der Waals surface area contributed by atoms with Crippen LogP contribution in [0.4, 0.5) is 9.59 Å². The highest BCUT2D eigenvalue weighted by Gasteiger charge is 2.31. The standard InChI is InChI=1S/C16H28N2O6S/c1-15(2,3)23-13(19)17-25(21,22)11-9-12-8-7-10-18(12)14(20)24-16(4,5)6/h9,11-12H,7-8,10H2,1-6H3,(H,17,19)/b11-9+/t12-/m1/s1. The summed E-state index contributed by atoms with van der Waals surface area (Å²) in [5, 5.41) is 0.879. The number of carbonyl (C=O) groups excluding carboxylic acids is 2. The van der Waals surface area contributed by atoms with Crippen LogP contribution in [0.1, 0.15) is 54.4 Å². The van der Waals surface area contributed by atoms with Crippen molar-refractivity contribution in [2.45, 2.75) is 71.6 Å². The Morgan fingerprint density at radius 3 is 2.16 bits per heavy atom. The van der Waals surface area contributed by atoms with Crippen molar-refractivity contribution in [3.8, 4) is 0 Å². The summed E-state index contributed by atoms with van der Waals surface area (Å²) in [7, 11) is -4.01. The minimum Gasteiger partial charge on any atom is -0.444 e. The number of amides is 2. The lowest BCUT2D eigenvalue weighted by Gasteiger charge is -2.27. The van der Waals surface area contributed by atoms with E-state index in [2.05, 4.69) is 0 Å². The summed E-state index contributed by atoms with van der Waals surface area (Å²) in [6.07, 6.45) is 1.21. The molecule has 0 aromatic carbocycles. The van der Waals surface area contributed by atoms with E-state index in [1.165, 1.54) is 11.0 Å². The van der Waals surface area contributed by atoms with Gasteiger partial charge < -0.3 is 14.4 Å². The molecule has 0 radical (unpaired) electrons. The zero-order chi connectivity index (χ0) is 19.5. The van der Waals surface area contributed by atoms with Crippen molar-refractivity contribution in [3.05, 3.63) is 11.5 Å². The van der Waals surface area contributed by atoms with Crippen LogP contribution in [0.15, 0.2) is 11.5 Å². The predicted molar refractivity (Wildman–Crippen MR) is 93.4 cm³/mol. The molecule has 1 N–H and O–H groups in total. The van der Waals surface area contributed by atoms with Gasteiger partial charge in [0.25, 0.3) is 10.0 Å². The van der Waals surface area contributed by atoms with Gasteiger partial charge in [-0.3, -0.25) is 0 Å². The highest BCUT2D eigenvalue weighted by molar-refractivity contribution is 7.92. The fourth-order valence-electron chi connectivity index (χ4n) is 2.18. The first-order valence-corrected chi connectivity index (χ1v) is 9.67. The highest BCUT2D eigenvalue weighted by atomic mass is 32.2. The molecule has 0 aromatic rings. The first-order valence-electron chi connectivity index (χ1n) is 8.12. The molecule has 1 atom stereocenters. The van der Waals surface area contributed by atoms with E-state index in [-0.39, 0.29) is 0 Å². The summed E-state index contributed by atoms with van der Waals surface area (Å²) in [6, 6.07) is -0.398. The monoisotopic (exact) mass is 376 g/mol. The summed E-state index contributed by atoms with van der Waals surface area (Å²) in [5.41, 5.74) is -1.43. The van der Waals surface area contributed by atoms with Crippen molar-refractivity contribution in [2.24, 2.45) is 0 Å². The van der Waals surface area contributed by atoms with Crippen molar-refractivity contribution < 1.29 is 27.5 Å². The van der Waals surface area contributed by atoms with Crippen molar-refractivity contribution >= 4 is 22.2 Å². The Labute approximate surface area is 149 Å². The second kappa shape index (κ2) is 7.63. The molecular formula is C16H28N2O6S. The molecule has 0 spiro atoms. The molecule has 0 aliphatic carbocycles. The molecule has 1 fully saturated rings. The first kappa shape index (κ1) is 21.3. The Kier molecular flexibility index (Phi) is 6.50. The van der Waals surface area contributed by atoms with E-state index in [0.717, 1.165) is 11.8 Å². The number of likely N-dealkylation sites (tertiary alicyclic amines) is 1. The third kappa shape index (κ3) is 8.24. The minimum atomic E-state index is -4.01. The number of hydrogen-bond donors (Lipinski definition) is 1. The average Bonchev–Trinajstić information content (AvgIpc) is 2.79. The SMILES string of the molecule is CC(C)(C)OC(=O)NS(=O)(=O)/C=C/[C@H]1CCCN1C(=O)OC(C)(C)C. The quantitative estimate of drug-likeness (QED) is 0.812. The normalized spacial score (nSPS) is 19.1.